The molecule has 4 heteroatoms. The number of carbonyl (C=O) groups is 1. The normalized spacial score (nSPS) is 10.2. The number of nitrogens with one attached hydrogen (secondary N) is 1. The Hall–Kier alpha value is -2.75. The molecule has 0 aliphatic rings. The van der Waals surface area contributed by atoms with E-state index >= 15 is 0 Å². The fourth-order valence-electron chi connectivity index (χ4n) is 1.98. The van der Waals surface area contributed by atoms with Crippen LogP contribution in [0.2, 0.25) is 0 Å². The van der Waals surface area contributed by atoms with E-state index in [4.69, 9.17) is 9.47 Å². The van der Waals surface area contributed by atoms with Gasteiger partial charge in [-0.3, -0.25) is 4.79 Å². The Bertz CT molecular complexity index is 663. The van der Waals surface area contributed by atoms with E-state index in [-0.39, 0.29) is 12.0 Å². The van der Waals surface area contributed by atoms with E-state index in [0.717, 1.165) is 5.75 Å². The maximum Gasteiger partial charge on any atom is 0.255 e. The van der Waals surface area contributed by atoms with Gasteiger partial charge in [-0.1, -0.05) is 18.7 Å². The first-order chi connectivity index (χ1) is 11.1. The Balaban J connectivity index is 2.02. The van der Waals surface area contributed by atoms with Crippen molar-refractivity contribution >= 4 is 11.6 Å². The Labute approximate surface area is 136 Å². The molecule has 1 N–H and O–H groups in total. The zero-order valence-electron chi connectivity index (χ0n) is 13.4. The van der Waals surface area contributed by atoms with Crippen molar-refractivity contribution in [1.29, 1.82) is 0 Å². The predicted octanol–water partition coefficient (Wildman–Crippen LogP) is 4.29. The van der Waals surface area contributed by atoms with Crippen molar-refractivity contribution in [3.8, 4) is 11.5 Å². The van der Waals surface area contributed by atoms with Crippen molar-refractivity contribution in [2.24, 2.45) is 0 Å². The van der Waals surface area contributed by atoms with Gasteiger partial charge in [-0.05, 0) is 50.2 Å². The van der Waals surface area contributed by atoms with Crippen molar-refractivity contribution in [2.45, 2.75) is 20.0 Å². The molecule has 0 aliphatic heterocycles. The third-order valence-electron chi connectivity index (χ3n) is 2.95. The molecule has 0 saturated heterocycles. The molecule has 2 aromatic rings. The molecular formula is C19H21NO3. The van der Waals surface area contributed by atoms with E-state index in [0.29, 0.717) is 23.6 Å². The van der Waals surface area contributed by atoms with E-state index in [9.17, 15) is 4.79 Å². The van der Waals surface area contributed by atoms with Gasteiger partial charge in [0.2, 0.25) is 0 Å². The van der Waals surface area contributed by atoms with Crippen LogP contribution in [0.5, 0.6) is 11.5 Å². The Morgan fingerprint density at radius 3 is 2.57 bits per heavy atom. The SMILES string of the molecule is C=CCOc1ccc(C(=O)Nc2cccc(OC(C)C)c2)cc1. The number of benzene rings is 2. The minimum atomic E-state index is -0.179. The number of ether oxygens (including phenoxy) is 2. The maximum atomic E-state index is 12.3. The highest BCUT2D eigenvalue weighted by Crippen LogP contribution is 2.20. The highest BCUT2D eigenvalue weighted by molar-refractivity contribution is 6.04. The molecule has 0 spiro atoms. The van der Waals surface area contributed by atoms with E-state index < -0.39 is 0 Å². The second-order valence-corrected chi connectivity index (χ2v) is 5.27. The van der Waals surface area contributed by atoms with Gasteiger partial charge in [-0.15, -0.1) is 0 Å². The largest absolute Gasteiger partial charge is 0.491 e. The molecule has 0 aliphatic carbocycles. The zero-order valence-corrected chi connectivity index (χ0v) is 13.4. The van der Waals surface area contributed by atoms with E-state index in [1.54, 1.807) is 36.4 Å². The van der Waals surface area contributed by atoms with E-state index in [2.05, 4.69) is 11.9 Å². The number of hydrogen-bond acceptors (Lipinski definition) is 3. The van der Waals surface area contributed by atoms with Crippen molar-refractivity contribution in [2.75, 3.05) is 11.9 Å². The molecule has 4 nitrogen and oxygen atoms in total. The first-order valence-electron chi connectivity index (χ1n) is 7.50. The van der Waals surface area contributed by atoms with Crippen molar-refractivity contribution < 1.29 is 14.3 Å². The first kappa shape index (κ1) is 16.6. The summed E-state index contributed by atoms with van der Waals surface area (Å²) >= 11 is 0. The van der Waals surface area contributed by atoms with Gasteiger partial charge in [0.1, 0.15) is 18.1 Å². The fraction of sp³-hybridized carbons (Fsp3) is 0.211. The lowest BCUT2D eigenvalue weighted by atomic mass is 10.2. The van der Waals surface area contributed by atoms with Gasteiger partial charge < -0.3 is 14.8 Å². The van der Waals surface area contributed by atoms with Crippen LogP contribution in [0.25, 0.3) is 0 Å². The minimum absolute atomic E-state index is 0.0871. The maximum absolute atomic E-state index is 12.3. The third kappa shape index (κ3) is 5.18. The number of anilines is 1. The quantitative estimate of drug-likeness (QED) is 0.776. The molecule has 0 fully saturated rings. The average Bonchev–Trinajstić information content (AvgIpc) is 2.53. The van der Waals surface area contributed by atoms with Gasteiger partial charge in [0.15, 0.2) is 0 Å². The van der Waals surface area contributed by atoms with Crippen molar-refractivity contribution in [1.82, 2.24) is 0 Å². The van der Waals surface area contributed by atoms with Crippen LogP contribution < -0.4 is 14.8 Å². The highest BCUT2D eigenvalue weighted by Gasteiger charge is 2.07. The Morgan fingerprint density at radius 2 is 1.91 bits per heavy atom. The van der Waals surface area contributed by atoms with Crippen molar-refractivity contribution in [3.63, 3.8) is 0 Å². The summed E-state index contributed by atoms with van der Waals surface area (Å²) in [4.78, 5) is 12.3. The van der Waals surface area contributed by atoms with Gasteiger partial charge in [0.05, 0.1) is 6.10 Å². The number of carbonyl (C=O) groups excluding carboxylic acids is 1. The van der Waals surface area contributed by atoms with Gasteiger partial charge in [-0.25, -0.2) is 0 Å². The van der Waals surface area contributed by atoms with Crippen LogP contribution in [0.4, 0.5) is 5.69 Å². The highest BCUT2D eigenvalue weighted by atomic mass is 16.5. The summed E-state index contributed by atoms with van der Waals surface area (Å²) in [5.74, 6) is 1.25. The molecular weight excluding hydrogens is 290 g/mol. The molecule has 1 amide bonds. The molecule has 0 atom stereocenters. The van der Waals surface area contributed by atoms with Crippen LogP contribution in [-0.2, 0) is 0 Å². The molecule has 0 saturated carbocycles. The molecule has 120 valence electrons. The summed E-state index contributed by atoms with van der Waals surface area (Å²) in [6.07, 6.45) is 1.76. The number of amides is 1. The van der Waals surface area contributed by atoms with Crippen LogP contribution in [0, 0.1) is 0 Å². The second kappa shape index (κ2) is 8.03. The summed E-state index contributed by atoms with van der Waals surface area (Å²) in [6.45, 7) is 7.95. The molecule has 0 unspecified atom stereocenters. The van der Waals surface area contributed by atoms with Crippen LogP contribution in [0.1, 0.15) is 24.2 Å². The average molecular weight is 311 g/mol. The van der Waals surface area contributed by atoms with E-state index in [1.807, 2.05) is 32.0 Å². The zero-order chi connectivity index (χ0) is 16.7. The van der Waals surface area contributed by atoms with Gasteiger partial charge in [0, 0.05) is 17.3 Å². The lowest BCUT2D eigenvalue weighted by Gasteiger charge is -2.11. The van der Waals surface area contributed by atoms with Crippen LogP contribution >= 0.6 is 0 Å². The first-order valence-corrected chi connectivity index (χ1v) is 7.50. The van der Waals surface area contributed by atoms with E-state index in [1.165, 1.54) is 0 Å². The summed E-state index contributed by atoms with van der Waals surface area (Å²) in [7, 11) is 0. The van der Waals surface area contributed by atoms with Gasteiger partial charge in [-0.2, -0.15) is 0 Å². The summed E-state index contributed by atoms with van der Waals surface area (Å²) < 4.78 is 11.0. The standard InChI is InChI=1S/C19H21NO3/c1-4-12-22-17-10-8-15(9-11-17)19(21)20-16-6-5-7-18(13-16)23-14(2)3/h4-11,13-14H,1,12H2,2-3H3,(H,20,21). The van der Waals surface area contributed by atoms with Crippen LogP contribution in [-0.4, -0.2) is 18.6 Å². The molecule has 0 radical (unpaired) electrons. The molecule has 0 aromatic heterocycles. The number of rotatable bonds is 7. The van der Waals surface area contributed by atoms with Gasteiger partial charge >= 0.3 is 0 Å². The monoisotopic (exact) mass is 311 g/mol. The van der Waals surface area contributed by atoms with Gasteiger partial charge in [0.25, 0.3) is 5.91 Å². The molecule has 2 rings (SSSR count). The summed E-state index contributed by atoms with van der Waals surface area (Å²) in [5, 5.41) is 2.86. The predicted molar refractivity (Wildman–Crippen MR) is 92.3 cm³/mol. The lowest BCUT2D eigenvalue weighted by Crippen LogP contribution is -2.12. The van der Waals surface area contributed by atoms with Crippen LogP contribution in [0.3, 0.4) is 0 Å². The third-order valence-corrected chi connectivity index (χ3v) is 2.95. The van der Waals surface area contributed by atoms with Crippen LogP contribution in [0.15, 0.2) is 61.2 Å². The molecule has 23 heavy (non-hydrogen) atoms. The molecule has 0 heterocycles. The van der Waals surface area contributed by atoms with Crippen molar-refractivity contribution in [3.05, 3.63) is 66.7 Å². The second-order valence-electron chi connectivity index (χ2n) is 5.27. The molecule has 0 bridgehead atoms. The summed E-state index contributed by atoms with van der Waals surface area (Å²) in [6, 6.07) is 14.3. The topological polar surface area (TPSA) is 47.6 Å². The molecule has 2 aromatic carbocycles. The summed E-state index contributed by atoms with van der Waals surface area (Å²) in [5.41, 5.74) is 1.26. The smallest absolute Gasteiger partial charge is 0.255 e. The number of hydrogen-bond donors (Lipinski definition) is 1. The Morgan fingerprint density at radius 1 is 1.17 bits per heavy atom. The Kier molecular flexibility index (Phi) is 5.80. The fourth-order valence-corrected chi connectivity index (χ4v) is 1.98. The lowest BCUT2D eigenvalue weighted by molar-refractivity contribution is 0.102. The minimum Gasteiger partial charge on any atom is -0.491 e.